The summed E-state index contributed by atoms with van der Waals surface area (Å²) in [6.07, 6.45) is 8.70. The van der Waals surface area contributed by atoms with Crippen molar-refractivity contribution in [3.05, 3.63) is 0 Å². The van der Waals surface area contributed by atoms with E-state index in [-0.39, 0.29) is 6.03 Å². The van der Waals surface area contributed by atoms with Gasteiger partial charge in [-0.3, -0.25) is 0 Å². The molecule has 0 spiro atoms. The number of hydrogen-bond acceptors (Lipinski definition) is 3. The molecular formula is C20H39N5O. The minimum atomic E-state index is -0.165. The quantitative estimate of drug-likeness (QED) is 0.583. The molecule has 3 fully saturated rings. The van der Waals surface area contributed by atoms with E-state index in [1.54, 1.807) is 6.92 Å². The highest BCUT2D eigenvalue weighted by Crippen LogP contribution is 2.28. The van der Waals surface area contributed by atoms with Gasteiger partial charge < -0.3 is 20.9 Å². The Kier molecular flexibility index (Phi) is 8.85. The van der Waals surface area contributed by atoms with Gasteiger partial charge in [0.15, 0.2) is 0 Å². The van der Waals surface area contributed by atoms with Gasteiger partial charge in [0.05, 0.1) is 0 Å². The molecule has 0 aromatic rings. The number of amidine groups is 1. The third-order valence-corrected chi connectivity index (χ3v) is 6.00. The topological polar surface area (TPSA) is 74.0 Å². The molecule has 2 atom stereocenters. The molecule has 3 aliphatic heterocycles. The molecule has 0 aromatic carbocycles. The zero-order valence-corrected chi connectivity index (χ0v) is 17.0. The van der Waals surface area contributed by atoms with E-state index in [0.717, 1.165) is 37.9 Å². The molecule has 0 bridgehead atoms. The Bertz CT molecular complexity index is 449. The summed E-state index contributed by atoms with van der Waals surface area (Å²) in [6.45, 7) is 11.0. The van der Waals surface area contributed by atoms with Crippen LogP contribution in [0.4, 0.5) is 4.79 Å². The molecular weight excluding hydrogens is 326 g/mol. The van der Waals surface area contributed by atoms with E-state index in [1.807, 2.05) is 18.7 Å². The number of likely N-dealkylation sites (tertiary alicyclic amines) is 2. The van der Waals surface area contributed by atoms with Gasteiger partial charge in [-0.2, -0.15) is 4.99 Å². The fraction of sp³-hybridized carbons (Fsp3) is 0.900. The van der Waals surface area contributed by atoms with Crippen LogP contribution >= 0.6 is 0 Å². The molecule has 3 N–H and O–H groups in total. The lowest BCUT2D eigenvalue weighted by atomic mass is 9.87. The van der Waals surface area contributed by atoms with Crippen molar-refractivity contribution in [1.82, 2.24) is 15.1 Å². The largest absolute Gasteiger partial charge is 0.387 e. The Hall–Kier alpha value is -1.14. The van der Waals surface area contributed by atoms with Crippen molar-refractivity contribution in [1.29, 1.82) is 0 Å². The van der Waals surface area contributed by atoms with Crippen molar-refractivity contribution in [2.24, 2.45) is 16.6 Å². The number of nitrogens with one attached hydrogen (secondary N) is 1. The van der Waals surface area contributed by atoms with Crippen LogP contribution in [0.15, 0.2) is 4.99 Å². The zero-order chi connectivity index (χ0) is 18.9. The highest BCUT2D eigenvalue weighted by molar-refractivity contribution is 5.91. The van der Waals surface area contributed by atoms with Crippen LogP contribution in [0.25, 0.3) is 0 Å². The number of nitrogens with two attached hydrogens (primary N) is 1. The molecule has 0 radical (unpaired) electrons. The molecule has 2 unspecified atom stereocenters. The first-order valence-electron chi connectivity index (χ1n) is 10.7. The van der Waals surface area contributed by atoms with E-state index >= 15 is 0 Å². The van der Waals surface area contributed by atoms with Gasteiger partial charge in [0.1, 0.15) is 5.84 Å². The Labute approximate surface area is 159 Å². The number of amides is 2. The summed E-state index contributed by atoms with van der Waals surface area (Å²) < 4.78 is 0. The number of urea groups is 1. The van der Waals surface area contributed by atoms with Crippen LogP contribution < -0.4 is 11.1 Å². The fourth-order valence-electron chi connectivity index (χ4n) is 4.66. The van der Waals surface area contributed by atoms with E-state index in [1.165, 1.54) is 51.7 Å². The van der Waals surface area contributed by atoms with Crippen molar-refractivity contribution in [3.8, 4) is 0 Å². The summed E-state index contributed by atoms with van der Waals surface area (Å²) in [5.74, 6) is 1.22. The molecule has 3 aliphatic rings. The average Bonchev–Trinajstić information content (AvgIpc) is 3.07. The Morgan fingerprint density at radius 2 is 1.73 bits per heavy atom. The maximum atomic E-state index is 12.1. The lowest BCUT2D eigenvalue weighted by Crippen LogP contribution is -2.45. The van der Waals surface area contributed by atoms with Gasteiger partial charge in [0, 0.05) is 25.2 Å². The molecule has 26 heavy (non-hydrogen) atoms. The minimum absolute atomic E-state index is 0.165. The van der Waals surface area contributed by atoms with E-state index < -0.39 is 0 Å². The van der Waals surface area contributed by atoms with Crippen molar-refractivity contribution in [3.63, 3.8) is 0 Å². The molecule has 0 saturated carbocycles. The summed E-state index contributed by atoms with van der Waals surface area (Å²) in [5.41, 5.74) is 5.54. The van der Waals surface area contributed by atoms with Gasteiger partial charge in [-0.25, -0.2) is 4.79 Å². The molecule has 6 heteroatoms. The van der Waals surface area contributed by atoms with Gasteiger partial charge in [0.2, 0.25) is 0 Å². The monoisotopic (exact) mass is 365 g/mol. The summed E-state index contributed by atoms with van der Waals surface area (Å²) >= 11 is 0. The summed E-state index contributed by atoms with van der Waals surface area (Å²) in [5, 5.41) is 3.68. The standard InChI is InChI=1S/C18H33N5O.C2H6/c1-14(19)21-18(24)23-10-3-4-16(8-13-23)22-11-6-15(7-12-22)17-5-2-9-20-17;1-2/h15-17,20H,2-13H2,1H3,(H2,19,21,24);1-2H3. The number of aliphatic imine (C=N–C) groups is 1. The Balaban J connectivity index is 0.00000117. The van der Waals surface area contributed by atoms with E-state index in [0.29, 0.717) is 11.9 Å². The van der Waals surface area contributed by atoms with Crippen LogP contribution in [0.3, 0.4) is 0 Å². The lowest BCUT2D eigenvalue weighted by molar-refractivity contribution is 0.110. The highest BCUT2D eigenvalue weighted by atomic mass is 16.2. The first-order valence-corrected chi connectivity index (χ1v) is 10.7. The van der Waals surface area contributed by atoms with Gasteiger partial charge in [-0.1, -0.05) is 13.8 Å². The van der Waals surface area contributed by atoms with Gasteiger partial charge in [-0.15, -0.1) is 0 Å². The van der Waals surface area contributed by atoms with E-state index in [9.17, 15) is 4.79 Å². The number of carbonyl (C=O) groups excluding carboxylic acids is 1. The predicted octanol–water partition coefficient (Wildman–Crippen LogP) is 2.83. The second kappa shape index (κ2) is 10.9. The molecule has 0 aromatic heterocycles. The lowest BCUT2D eigenvalue weighted by Gasteiger charge is -2.39. The second-order valence-corrected chi connectivity index (χ2v) is 7.68. The second-order valence-electron chi connectivity index (χ2n) is 7.68. The Morgan fingerprint density at radius 3 is 2.35 bits per heavy atom. The third kappa shape index (κ3) is 5.95. The SMILES string of the molecule is C/C(N)=N/C(=O)N1CCCC(N2CCC(C3CCCN3)CC2)CC1.CC. The molecule has 3 rings (SSSR count). The maximum Gasteiger partial charge on any atom is 0.345 e. The first kappa shape index (κ1) is 21.2. The maximum absolute atomic E-state index is 12.1. The van der Waals surface area contributed by atoms with Crippen molar-refractivity contribution >= 4 is 11.9 Å². The summed E-state index contributed by atoms with van der Waals surface area (Å²) in [7, 11) is 0. The van der Waals surface area contributed by atoms with Crippen LogP contribution in [0.2, 0.25) is 0 Å². The van der Waals surface area contributed by atoms with Crippen LogP contribution in [0, 0.1) is 5.92 Å². The number of nitrogens with zero attached hydrogens (tertiary/aromatic N) is 3. The normalized spacial score (nSPS) is 29.0. The van der Waals surface area contributed by atoms with E-state index in [2.05, 4.69) is 15.2 Å². The molecule has 3 saturated heterocycles. The zero-order valence-electron chi connectivity index (χ0n) is 17.0. The first-order chi connectivity index (χ1) is 12.6. The molecule has 150 valence electrons. The van der Waals surface area contributed by atoms with Gasteiger partial charge in [0.25, 0.3) is 0 Å². The van der Waals surface area contributed by atoms with Gasteiger partial charge >= 0.3 is 6.03 Å². The van der Waals surface area contributed by atoms with Crippen molar-refractivity contribution < 1.29 is 4.79 Å². The number of carbonyl (C=O) groups is 1. The molecule has 0 aliphatic carbocycles. The number of piperidine rings is 1. The third-order valence-electron chi connectivity index (χ3n) is 6.00. The highest BCUT2D eigenvalue weighted by Gasteiger charge is 2.31. The predicted molar refractivity (Wildman–Crippen MR) is 109 cm³/mol. The van der Waals surface area contributed by atoms with Crippen LogP contribution in [0.1, 0.15) is 65.7 Å². The van der Waals surface area contributed by atoms with E-state index in [4.69, 9.17) is 5.73 Å². The summed E-state index contributed by atoms with van der Waals surface area (Å²) in [4.78, 5) is 20.5. The van der Waals surface area contributed by atoms with Gasteiger partial charge in [-0.05, 0) is 77.4 Å². The molecule has 3 heterocycles. The fourth-order valence-corrected chi connectivity index (χ4v) is 4.66. The summed E-state index contributed by atoms with van der Waals surface area (Å²) in [6, 6.07) is 1.23. The molecule has 6 nitrogen and oxygen atoms in total. The van der Waals surface area contributed by atoms with Crippen LogP contribution in [0.5, 0.6) is 0 Å². The number of hydrogen-bond donors (Lipinski definition) is 2. The average molecular weight is 366 g/mol. The number of rotatable bonds is 2. The minimum Gasteiger partial charge on any atom is -0.387 e. The smallest absolute Gasteiger partial charge is 0.345 e. The van der Waals surface area contributed by atoms with Crippen molar-refractivity contribution in [2.45, 2.75) is 77.8 Å². The van der Waals surface area contributed by atoms with Crippen LogP contribution in [-0.2, 0) is 0 Å². The van der Waals surface area contributed by atoms with Crippen molar-refractivity contribution in [2.75, 3.05) is 32.7 Å². The molecule has 2 amide bonds. The van der Waals surface area contributed by atoms with Crippen LogP contribution in [-0.4, -0.2) is 66.5 Å². The Morgan fingerprint density at radius 1 is 1.00 bits per heavy atom.